The van der Waals surface area contributed by atoms with Gasteiger partial charge in [0.15, 0.2) is 0 Å². The molecule has 3 heterocycles. The van der Waals surface area contributed by atoms with E-state index in [1.165, 1.54) is 11.1 Å². The number of aryl methyl sites for hydroxylation is 1. The maximum Gasteiger partial charge on any atom is 0.410 e. The number of H-pyrrole nitrogens is 1. The van der Waals surface area contributed by atoms with Gasteiger partial charge in [-0.1, -0.05) is 68.5 Å². The first kappa shape index (κ1) is 32.4. The average Bonchev–Trinajstić information content (AvgIpc) is 3.68. The molecule has 7 rings (SSSR count). The molecule has 0 bridgehead atoms. The largest absolute Gasteiger partial charge is 0.444 e. The van der Waals surface area contributed by atoms with Gasteiger partial charge in [0.25, 0.3) is 0 Å². The number of carbonyl (C=O) groups is 1. The molecule has 3 N–H and O–H groups in total. The second kappa shape index (κ2) is 12.4. The van der Waals surface area contributed by atoms with Crippen LogP contribution in [0.15, 0.2) is 66.9 Å². The molecule has 0 fully saturated rings. The van der Waals surface area contributed by atoms with Crippen LogP contribution in [0.4, 0.5) is 10.6 Å². The molecule has 0 saturated carbocycles. The van der Waals surface area contributed by atoms with Gasteiger partial charge in [-0.25, -0.2) is 19.7 Å². The summed E-state index contributed by atoms with van der Waals surface area (Å²) < 4.78 is 7.85. The van der Waals surface area contributed by atoms with Crippen LogP contribution in [-0.4, -0.2) is 54.0 Å². The van der Waals surface area contributed by atoms with E-state index in [0.717, 1.165) is 80.7 Å². The predicted molar refractivity (Wildman–Crippen MR) is 198 cm³/mol. The fourth-order valence-electron chi connectivity index (χ4n) is 7.07. The highest BCUT2D eigenvalue weighted by atomic mass is 16.6. The summed E-state index contributed by atoms with van der Waals surface area (Å²) in [5.74, 6) is 2.46. The normalized spacial score (nSPS) is 15.3. The number of nitrogens with two attached hydrogens (primary N) is 1. The van der Waals surface area contributed by atoms with Gasteiger partial charge in [0.1, 0.15) is 34.3 Å². The maximum absolute atomic E-state index is 12.8. The first-order chi connectivity index (χ1) is 23.4. The van der Waals surface area contributed by atoms with Crippen molar-refractivity contribution < 1.29 is 9.53 Å². The number of nitrogens with one attached hydrogen (secondary N) is 1. The lowest BCUT2D eigenvalue weighted by Crippen LogP contribution is -2.41. The number of rotatable bonds is 6. The zero-order valence-corrected chi connectivity index (χ0v) is 29.5. The number of aromatic nitrogens is 5. The number of hydrogen-bond acceptors (Lipinski definition) is 6. The monoisotopic (exact) mass is 655 g/mol. The van der Waals surface area contributed by atoms with Gasteiger partial charge in [-0.3, -0.25) is 4.40 Å². The Morgan fingerprint density at radius 2 is 1.86 bits per heavy atom. The number of aromatic amines is 1. The molecule has 3 aromatic heterocycles. The summed E-state index contributed by atoms with van der Waals surface area (Å²) in [6, 6.07) is 19.1. The van der Waals surface area contributed by atoms with Crippen molar-refractivity contribution in [2.24, 2.45) is 0 Å². The predicted octanol–water partition coefficient (Wildman–Crippen LogP) is 8.83. The van der Waals surface area contributed by atoms with Gasteiger partial charge in [-0.05, 0) is 80.5 Å². The number of imidazole rings is 2. The topological polar surface area (TPSA) is 114 Å². The smallest absolute Gasteiger partial charge is 0.410 e. The van der Waals surface area contributed by atoms with Crippen LogP contribution in [-0.2, 0) is 11.2 Å². The number of hydrogen-bond donors (Lipinski definition) is 2. The minimum atomic E-state index is -0.534. The van der Waals surface area contributed by atoms with Crippen LogP contribution in [0.5, 0.6) is 0 Å². The van der Waals surface area contributed by atoms with Gasteiger partial charge < -0.3 is 20.4 Å². The third-order valence-corrected chi connectivity index (χ3v) is 9.56. The van der Waals surface area contributed by atoms with E-state index in [0.29, 0.717) is 12.2 Å². The molecule has 0 aliphatic heterocycles. The summed E-state index contributed by atoms with van der Waals surface area (Å²) in [6.07, 6.45) is 6.84. The zero-order valence-electron chi connectivity index (χ0n) is 29.5. The van der Waals surface area contributed by atoms with Crippen molar-refractivity contribution in [2.45, 2.75) is 84.8 Å². The van der Waals surface area contributed by atoms with E-state index in [4.69, 9.17) is 25.4 Å². The van der Waals surface area contributed by atoms with Crippen molar-refractivity contribution >= 4 is 44.8 Å². The van der Waals surface area contributed by atoms with Gasteiger partial charge in [0, 0.05) is 31.0 Å². The number of nitrogens with zero attached hydrogens (tertiary/aromatic N) is 5. The molecule has 0 saturated heterocycles. The average molecular weight is 656 g/mol. The Morgan fingerprint density at radius 3 is 2.55 bits per heavy atom. The first-order valence-corrected chi connectivity index (χ1v) is 17.2. The third-order valence-electron chi connectivity index (χ3n) is 9.56. The van der Waals surface area contributed by atoms with Crippen LogP contribution in [0.1, 0.15) is 88.3 Å². The summed E-state index contributed by atoms with van der Waals surface area (Å²) in [6.45, 7) is 12.1. The number of nitrogen functional groups attached to an aromatic ring is 1. The van der Waals surface area contributed by atoms with Crippen LogP contribution >= 0.6 is 0 Å². The van der Waals surface area contributed by atoms with E-state index >= 15 is 0 Å². The van der Waals surface area contributed by atoms with Crippen LogP contribution in [0, 0.1) is 6.92 Å². The minimum Gasteiger partial charge on any atom is -0.444 e. The zero-order chi connectivity index (χ0) is 34.6. The number of allylic oxidation sites excluding steroid dienone is 1. The van der Waals surface area contributed by atoms with E-state index in [1.807, 2.05) is 34.0 Å². The van der Waals surface area contributed by atoms with Crippen molar-refractivity contribution in [3.05, 3.63) is 95.3 Å². The lowest BCUT2D eigenvalue weighted by molar-refractivity contribution is 0.0215. The maximum atomic E-state index is 12.8. The Hall–Kier alpha value is -5.18. The highest BCUT2D eigenvalue weighted by molar-refractivity contribution is 6.02. The second-order valence-corrected chi connectivity index (χ2v) is 14.6. The SMILES string of the molecule is Cc1cccc2[nH]c(Cc3ccc(-c4nc(C(C)C)n5c(C6=CCC(N(C)C(=O)OC(C)(C)C)CC6)cnc(N)c45)c4ccccc34)nc12. The van der Waals surface area contributed by atoms with E-state index in [9.17, 15) is 4.79 Å². The molecule has 1 amide bonds. The summed E-state index contributed by atoms with van der Waals surface area (Å²) in [4.78, 5) is 33.0. The number of anilines is 1. The minimum absolute atomic E-state index is 0.0622. The molecular formula is C40H45N7O2. The molecule has 3 aromatic carbocycles. The van der Waals surface area contributed by atoms with Gasteiger partial charge in [0.2, 0.25) is 0 Å². The number of ether oxygens (including phenoxy) is 1. The quantitative estimate of drug-likeness (QED) is 0.185. The summed E-state index contributed by atoms with van der Waals surface area (Å²) in [5, 5.41) is 2.26. The summed E-state index contributed by atoms with van der Waals surface area (Å²) >= 11 is 0. The lowest BCUT2D eigenvalue weighted by atomic mass is 9.92. The van der Waals surface area contributed by atoms with Crippen LogP contribution in [0.2, 0.25) is 0 Å². The first-order valence-electron chi connectivity index (χ1n) is 17.2. The van der Waals surface area contributed by atoms with E-state index in [1.54, 1.807) is 4.90 Å². The molecule has 9 heteroatoms. The molecule has 49 heavy (non-hydrogen) atoms. The molecule has 9 nitrogen and oxygen atoms in total. The fourth-order valence-corrected chi connectivity index (χ4v) is 7.07. The standard InChI is InChI=1S/C40H45N7O2/c1-23(2)38-45-35(30-20-17-26(28-12-8-9-13-29(28)30)21-33-43-31-14-10-11-24(3)34(31)44-33)36-37(41)42-22-32(47(36)38)25-15-18-27(19-16-25)46(7)39(48)49-40(4,5)6/h8-15,17,20,22-23,27H,16,18-19,21H2,1-7H3,(H2,41,42)(H,43,44). The number of carbonyl (C=O) groups excluding carboxylic acids is 1. The second-order valence-electron chi connectivity index (χ2n) is 14.6. The van der Waals surface area contributed by atoms with E-state index in [-0.39, 0.29) is 18.1 Å². The molecule has 6 aromatic rings. The number of para-hydroxylation sites is 1. The van der Waals surface area contributed by atoms with Crippen molar-refractivity contribution in [2.75, 3.05) is 12.8 Å². The van der Waals surface area contributed by atoms with Crippen LogP contribution in [0.25, 0.3) is 44.2 Å². The van der Waals surface area contributed by atoms with Crippen molar-refractivity contribution in [3.63, 3.8) is 0 Å². The van der Waals surface area contributed by atoms with Crippen molar-refractivity contribution in [3.8, 4) is 11.3 Å². The number of benzene rings is 3. The number of fused-ring (bicyclic) bond motifs is 3. The Bertz CT molecular complexity index is 2250. The number of amides is 1. The molecule has 252 valence electrons. The van der Waals surface area contributed by atoms with Crippen LogP contribution in [0.3, 0.4) is 0 Å². The lowest BCUT2D eigenvalue weighted by Gasteiger charge is -2.32. The van der Waals surface area contributed by atoms with Gasteiger partial charge in [0.05, 0.1) is 22.9 Å². The molecule has 0 radical (unpaired) electrons. The summed E-state index contributed by atoms with van der Waals surface area (Å²) in [5.41, 5.74) is 15.4. The molecule has 1 unspecified atom stereocenters. The summed E-state index contributed by atoms with van der Waals surface area (Å²) in [7, 11) is 1.83. The van der Waals surface area contributed by atoms with Gasteiger partial charge in [-0.2, -0.15) is 0 Å². The van der Waals surface area contributed by atoms with Crippen molar-refractivity contribution in [1.29, 1.82) is 0 Å². The van der Waals surface area contributed by atoms with E-state index in [2.05, 4.69) is 90.8 Å². The Morgan fingerprint density at radius 1 is 1.08 bits per heavy atom. The Kier molecular flexibility index (Phi) is 8.17. The Balaban J connectivity index is 1.28. The molecule has 1 aliphatic carbocycles. The highest BCUT2D eigenvalue weighted by Gasteiger charge is 2.29. The molecule has 1 atom stereocenters. The van der Waals surface area contributed by atoms with Crippen LogP contribution < -0.4 is 5.73 Å². The highest BCUT2D eigenvalue weighted by Crippen LogP contribution is 2.39. The fraction of sp³-hybridized carbons (Fsp3) is 0.350. The van der Waals surface area contributed by atoms with E-state index < -0.39 is 5.60 Å². The third kappa shape index (κ3) is 6.03. The molecule has 0 spiro atoms. The Labute approximate surface area is 287 Å². The van der Waals surface area contributed by atoms with Gasteiger partial charge >= 0.3 is 6.09 Å². The molecule has 1 aliphatic rings. The van der Waals surface area contributed by atoms with Gasteiger partial charge in [-0.15, -0.1) is 0 Å². The van der Waals surface area contributed by atoms with Crippen molar-refractivity contribution in [1.82, 2.24) is 29.2 Å². The molecular weight excluding hydrogens is 610 g/mol.